The highest BCUT2D eigenvalue weighted by molar-refractivity contribution is 9.09. The molecule has 0 saturated heterocycles. The Labute approximate surface area is 107 Å². The predicted octanol–water partition coefficient (Wildman–Crippen LogP) is 3.00. The molecule has 6 heteroatoms. The lowest BCUT2D eigenvalue weighted by atomic mass is 9.97. The van der Waals surface area contributed by atoms with Gasteiger partial charge < -0.3 is 5.11 Å². The molecule has 1 rings (SSSR count). The van der Waals surface area contributed by atoms with Crippen molar-refractivity contribution in [2.24, 2.45) is 0 Å². The monoisotopic (exact) mass is 301 g/mol. The van der Waals surface area contributed by atoms with Crippen LogP contribution in [0.4, 0.5) is 5.69 Å². The number of nitro benzene ring substituents is 1. The van der Waals surface area contributed by atoms with Gasteiger partial charge in [-0.3, -0.25) is 14.9 Å². The molecule has 0 spiro atoms. The van der Waals surface area contributed by atoms with Crippen molar-refractivity contribution >= 4 is 27.4 Å². The minimum absolute atomic E-state index is 0.0132. The largest absolute Gasteiger partial charge is 0.502 e. The van der Waals surface area contributed by atoms with Gasteiger partial charge in [0.2, 0.25) is 5.75 Å². The van der Waals surface area contributed by atoms with Gasteiger partial charge in [-0.05, 0) is 17.5 Å². The van der Waals surface area contributed by atoms with Gasteiger partial charge in [0.15, 0.2) is 5.78 Å². The van der Waals surface area contributed by atoms with E-state index in [1.165, 1.54) is 12.1 Å². The summed E-state index contributed by atoms with van der Waals surface area (Å²) < 4.78 is 0. The lowest BCUT2D eigenvalue weighted by molar-refractivity contribution is -0.386. The Kier molecular flexibility index (Phi) is 4.22. The third kappa shape index (κ3) is 2.82. The number of hydrogen-bond donors (Lipinski definition) is 1. The highest BCUT2D eigenvalue weighted by atomic mass is 79.9. The number of nitrogens with zero attached hydrogens (tertiary/aromatic N) is 1. The summed E-state index contributed by atoms with van der Waals surface area (Å²) in [5.41, 5.74) is 0.207. The van der Waals surface area contributed by atoms with Crippen molar-refractivity contribution in [2.45, 2.75) is 19.8 Å². The normalized spacial score (nSPS) is 10.6. The zero-order valence-electron chi connectivity index (χ0n) is 9.44. The fraction of sp³-hybridized carbons (Fsp3) is 0.364. The van der Waals surface area contributed by atoms with Crippen molar-refractivity contribution in [3.63, 3.8) is 0 Å². The number of alkyl halides is 1. The first kappa shape index (κ1) is 13.6. The number of aromatic hydroxyl groups is 1. The van der Waals surface area contributed by atoms with E-state index in [-0.39, 0.29) is 22.6 Å². The zero-order valence-corrected chi connectivity index (χ0v) is 11.0. The van der Waals surface area contributed by atoms with Crippen molar-refractivity contribution in [3.05, 3.63) is 33.4 Å². The maximum Gasteiger partial charge on any atom is 0.311 e. The van der Waals surface area contributed by atoms with Crippen LogP contribution in [0.2, 0.25) is 0 Å². The summed E-state index contributed by atoms with van der Waals surface area (Å²) >= 11 is 2.98. The summed E-state index contributed by atoms with van der Waals surface area (Å²) in [6, 6.07) is 2.79. The average Bonchev–Trinajstić information content (AvgIpc) is 2.27. The molecule has 0 radical (unpaired) electrons. The van der Waals surface area contributed by atoms with E-state index in [1.807, 2.05) is 13.8 Å². The predicted molar refractivity (Wildman–Crippen MR) is 67.0 cm³/mol. The topological polar surface area (TPSA) is 80.4 Å². The first-order chi connectivity index (χ1) is 7.88. The molecule has 0 amide bonds. The minimum Gasteiger partial charge on any atom is -0.502 e. The van der Waals surface area contributed by atoms with Gasteiger partial charge in [-0.15, -0.1) is 0 Å². The molecular formula is C11H12BrNO4. The Morgan fingerprint density at radius 1 is 1.53 bits per heavy atom. The van der Waals surface area contributed by atoms with Crippen LogP contribution in [0.25, 0.3) is 0 Å². The Bertz CT molecular complexity index is 471. The molecular weight excluding hydrogens is 290 g/mol. The van der Waals surface area contributed by atoms with Gasteiger partial charge in [0.05, 0.1) is 15.8 Å². The van der Waals surface area contributed by atoms with Crippen molar-refractivity contribution < 1.29 is 14.8 Å². The van der Waals surface area contributed by atoms with Gasteiger partial charge in [-0.2, -0.15) is 0 Å². The molecule has 0 unspecified atom stereocenters. The number of Topliss-reactive ketones (excluding diaryl/α,β-unsaturated/α-hetero) is 1. The first-order valence-corrected chi connectivity index (χ1v) is 6.11. The van der Waals surface area contributed by atoms with Gasteiger partial charge in [0.25, 0.3) is 0 Å². The van der Waals surface area contributed by atoms with Gasteiger partial charge in [0.1, 0.15) is 0 Å². The van der Waals surface area contributed by atoms with Crippen LogP contribution in [0.15, 0.2) is 12.1 Å². The lowest BCUT2D eigenvalue weighted by Crippen LogP contribution is -2.04. The number of benzene rings is 1. The molecule has 0 bridgehead atoms. The van der Waals surface area contributed by atoms with Crippen LogP contribution in [0.5, 0.6) is 5.75 Å². The van der Waals surface area contributed by atoms with E-state index < -0.39 is 16.4 Å². The molecule has 1 aromatic carbocycles. The van der Waals surface area contributed by atoms with Crippen LogP contribution < -0.4 is 0 Å². The molecule has 92 valence electrons. The minimum atomic E-state index is -0.688. The number of ketones is 1. The molecule has 0 aliphatic carbocycles. The summed E-state index contributed by atoms with van der Waals surface area (Å²) in [7, 11) is 0. The van der Waals surface area contributed by atoms with Gasteiger partial charge in [0, 0.05) is 6.07 Å². The summed E-state index contributed by atoms with van der Waals surface area (Å²) in [5, 5.41) is 20.5. The number of rotatable bonds is 4. The summed E-state index contributed by atoms with van der Waals surface area (Å²) in [6.07, 6.45) is 0. The second-order valence-electron chi connectivity index (χ2n) is 3.90. The molecule has 0 fully saturated rings. The van der Waals surface area contributed by atoms with Crippen LogP contribution >= 0.6 is 15.9 Å². The Hall–Kier alpha value is -1.43. The van der Waals surface area contributed by atoms with Crippen LogP contribution in [-0.2, 0) is 0 Å². The Balaban J connectivity index is 3.48. The average molecular weight is 302 g/mol. The smallest absolute Gasteiger partial charge is 0.311 e. The maximum atomic E-state index is 11.6. The van der Waals surface area contributed by atoms with Gasteiger partial charge in [-0.25, -0.2) is 0 Å². The number of carbonyl (C=O) groups is 1. The molecule has 0 aliphatic heterocycles. The number of hydrogen-bond acceptors (Lipinski definition) is 4. The van der Waals surface area contributed by atoms with Crippen molar-refractivity contribution in [3.8, 4) is 5.75 Å². The van der Waals surface area contributed by atoms with Gasteiger partial charge >= 0.3 is 5.69 Å². The Morgan fingerprint density at radius 2 is 2.12 bits per heavy atom. The summed E-state index contributed by atoms with van der Waals surface area (Å²) in [5.74, 6) is -0.909. The first-order valence-electron chi connectivity index (χ1n) is 4.99. The standard InChI is InChI=1S/C11H12BrNO4/c1-6(2)7-3-8(10(14)5-12)11(15)9(4-7)13(16)17/h3-4,6,15H,5H2,1-2H3. The van der Waals surface area contributed by atoms with E-state index in [1.54, 1.807) is 0 Å². The van der Waals surface area contributed by atoms with E-state index in [0.29, 0.717) is 5.56 Å². The van der Waals surface area contributed by atoms with Crippen molar-refractivity contribution in [2.75, 3.05) is 5.33 Å². The molecule has 17 heavy (non-hydrogen) atoms. The number of carbonyl (C=O) groups excluding carboxylic acids is 1. The highest BCUT2D eigenvalue weighted by Gasteiger charge is 2.23. The molecule has 0 heterocycles. The maximum absolute atomic E-state index is 11.6. The molecule has 0 aromatic heterocycles. The van der Waals surface area contributed by atoms with E-state index in [2.05, 4.69) is 15.9 Å². The van der Waals surface area contributed by atoms with E-state index in [4.69, 9.17) is 0 Å². The van der Waals surface area contributed by atoms with E-state index in [0.717, 1.165) is 0 Å². The number of phenols is 1. The summed E-state index contributed by atoms with van der Waals surface area (Å²) in [4.78, 5) is 21.6. The van der Waals surface area contributed by atoms with Crippen molar-refractivity contribution in [1.82, 2.24) is 0 Å². The number of phenolic OH excluding ortho intramolecular Hbond substituents is 1. The van der Waals surface area contributed by atoms with Crippen molar-refractivity contribution in [1.29, 1.82) is 0 Å². The lowest BCUT2D eigenvalue weighted by Gasteiger charge is -2.09. The molecule has 1 N–H and O–H groups in total. The fourth-order valence-electron chi connectivity index (χ4n) is 1.40. The molecule has 0 saturated carbocycles. The fourth-order valence-corrected chi connectivity index (χ4v) is 1.70. The molecule has 0 atom stereocenters. The van der Waals surface area contributed by atoms with Crippen LogP contribution in [0, 0.1) is 10.1 Å². The van der Waals surface area contributed by atoms with E-state index in [9.17, 15) is 20.0 Å². The molecule has 0 aliphatic rings. The molecule has 1 aromatic rings. The Morgan fingerprint density at radius 3 is 2.53 bits per heavy atom. The van der Waals surface area contributed by atoms with Crippen LogP contribution in [0.3, 0.4) is 0 Å². The zero-order chi connectivity index (χ0) is 13.2. The highest BCUT2D eigenvalue weighted by Crippen LogP contribution is 2.34. The SMILES string of the molecule is CC(C)c1cc(C(=O)CBr)c(O)c([N+](=O)[O-])c1. The van der Waals surface area contributed by atoms with Crippen LogP contribution in [-0.4, -0.2) is 21.1 Å². The van der Waals surface area contributed by atoms with E-state index >= 15 is 0 Å². The second-order valence-corrected chi connectivity index (χ2v) is 4.47. The molecule has 5 nitrogen and oxygen atoms in total. The van der Waals surface area contributed by atoms with Gasteiger partial charge in [-0.1, -0.05) is 29.8 Å². The van der Waals surface area contributed by atoms with Crippen LogP contribution in [0.1, 0.15) is 35.7 Å². The number of halogens is 1. The third-order valence-corrected chi connectivity index (χ3v) is 2.91. The summed E-state index contributed by atoms with van der Waals surface area (Å²) in [6.45, 7) is 3.72. The second kappa shape index (κ2) is 5.27. The quantitative estimate of drug-likeness (QED) is 0.401. The number of nitro groups is 1. The third-order valence-electron chi connectivity index (χ3n) is 2.40.